The van der Waals surface area contributed by atoms with E-state index < -0.39 is 11.4 Å². The Bertz CT molecular complexity index is 1270. The molecule has 0 amide bonds. The molecule has 5 nitrogen and oxygen atoms in total. The highest BCUT2D eigenvalue weighted by Gasteiger charge is 2.33. The van der Waals surface area contributed by atoms with Gasteiger partial charge in [0.15, 0.2) is 5.43 Å². The molecule has 3 aromatic rings. The average Bonchev–Trinajstić information content (AvgIpc) is 3.22. The van der Waals surface area contributed by atoms with Gasteiger partial charge in [0, 0.05) is 46.4 Å². The lowest BCUT2D eigenvalue weighted by Gasteiger charge is -2.34. The fourth-order valence-corrected chi connectivity index (χ4v) is 4.94. The summed E-state index contributed by atoms with van der Waals surface area (Å²) >= 11 is 6.08. The number of nitrogens with zero attached hydrogens (tertiary/aromatic N) is 1. The highest BCUT2D eigenvalue weighted by molar-refractivity contribution is 6.30. The summed E-state index contributed by atoms with van der Waals surface area (Å²) in [5.41, 5.74) is 5.42. The second-order valence-electron chi connectivity index (χ2n) is 8.53. The minimum absolute atomic E-state index is 0.0623. The molecule has 5 rings (SSSR count). The van der Waals surface area contributed by atoms with Crippen LogP contribution in [0.15, 0.2) is 47.4 Å². The first-order valence-electron chi connectivity index (χ1n) is 10.4. The number of aromatic carboxylic acids is 1. The van der Waals surface area contributed by atoms with Crippen molar-refractivity contribution in [2.24, 2.45) is 5.92 Å². The van der Waals surface area contributed by atoms with E-state index in [1.165, 1.54) is 23.4 Å². The van der Waals surface area contributed by atoms with Gasteiger partial charge in [0.1, 0.15) is 11.3 Å². The molecule has 1 atom stereocenters. The minimum atomic E-state index is -1.20. The zero-order valence-electron chi connectivity index (χ0n) is 17.3. The van der Waals surface area contributed by atoms with E-state index in [4.69, 9.17) is 16.3 Å². The van der Waals surface area contributed by atoms with Crippen LogP contribution in [0.2, 0.25) is 5.02 Å². The number of pyridine rings is 1. The number of benzene rings is 2. The first-order valence-corrected chi connectivity index (χ1v) is 10.8. The van der Waals surface area contributed by atoms with E-state index in [1.54, 1.807) is 0 Å². The molecule has 0 radical (unpaired) electrons. The molecule has 2 aromatic carbocycles. The first kappa shape index (κ1) is 19.9. The van der Waals surface area contributed by atoms with E-state index in [-0.39, 0.29) is 17.5 Å². The van der Waals surface area contributed by atoms with Crippen LogP contribution in [0.4, 0.5) is 0 Å². The molecule has 6 heteroatoms. The Hall–Kier alpha value is -3.05. The summed E-state index contributed by atoms with van der Waals surface area (Å²) < 4.78 is 8.04. The summed E-state index contributed by atoms with van der Waals surface area (Å²) in [5, 5.41) is 10.2. The van der Waals surface area contributed by atoms with Crippen molar-refractivity contribution >= 4 is 17.6 Å². The summed E-state index contributed by atoms with van der Waals surface area (Å²) in [5.74, 6) is -0.0238. The Balaban J connectivity index is 1.81. The number of hydrogen-bond donors (Lipinski definition) is 1. The Morgan fingerprint density at radius 1 is 1.16 bits per heavy atom. The van der Waals surface area contributed by atoms with Crippen molar-refractivity contribution in [3.05, 3.63) is 74.5 Å². The van der Waals surface area contributed by atoms with E-state index >= 15 is 0 Å². The van der Waals surface area contributed by atoms with Crippen molar-refractivity contribution < 1.29 is 14.6 Å². The molecule has 0 aliphatic carbocycles. The zero-order chi connectivity index (χ0) is 21.9. The number of hydrogen-bond acceptors (Lipinski definition) is 3. The van der Waals surface area contributed by atoms with Crippen LogP contribution >= 0.6 is 11.6 Å². The van der Waals surface area contributed by atoms with Crippen molar-refractivity contribution in [2.75, 3.05) is 6.61 Å². The van der Waals surface area contributed by atoms with E-state index in [9.17, 15) is 14.7 Å². The third-order valence-corrected chi connectivity index (χ3v) is 6.63. The third-order valence-electron chi connectivity index (χ3n) is 6.38. The summed E-state index contributed by atoms with van der Waals surface area (Å²) in [4.78, 5) is 24.2. The van der Waals surface area contributed by atoms with Crippen LogP contribution in [0, 0.1) is 5.92 Å². The number of carboxylic acids is 1. The van der Waals surface area contributed by atoms with Crippen LogP contribution in [0.3, 0.4) is 0 Å². The summed E-state index contributed by atoms with van der Waals surface area (Å²) in [7, 11) is 0. The molecule has 1 N–H and O–H groups in total. The van der Waals surface area contributed by atoms with Gasteiger partial charge in [-0.25, -0.2) is 4.79 Å². The van der Waals surface area contributed by atoms with Gasteiger partial charge >= 0.3 is 5.97 Å². The van der Waals surface area contributed by atoms with E-state index in [0.717, 1.165) is 41.0 Å². The predicted molar refractivity (Wildman–Crippen MR) is 120 cm³/mol. The molecule has 0 saturated heterocycles. The molecular formula is C25H22ClNO4. The third kappa shape index (κ3) is 3.15. The van der Waals surface area contributed by atoms with Gasteiger partial charge in [-0.05, 0) is 41.7 Å². The molecule has 2 aliphatic rings. The smallest absolute Gasteiger partial charge is 0.341 e. The molecule has 0 bridgehead atoms. The SMILES string of the molecule is CC(C)[C@@H]1Cc2c(cc(-c3ccc(Cl)cc3)c3c2CCO3)-c2cc(=O)c(C(=O)O)cn21. The maximum Gasteiger partial charge on any atom is 0.341 e. The largest absolute Gasteiger partial charge is 0.492 e. The highest BCUT2D eigenvalue weighted by Crippen LogP contribution is 2.47. The quantitative estimate of drug-likeness (QED) is 0.612. The second-order valence-corrected chi connectivity index (χ2v) is 8.96. The molecular weight excluding hydrogens is 414 g/mol. The Kier molecular flexibility index (Phi) is 4.67. The normalized spacial score (nSPS) is 16.5. The minimum Gasteiger partial charge on any atom is -0.492 e. The van der Waals surface area contributed by atoms with Crippen molar-refractivity contribution in [2.45, 2.75) is 32.7 Å². The van der Waals surface area contributed by atoms with Crippen LogP contribution in [0.25, 0.3) is 22.4 Å². The van der Waals surface area contributed by atoms with Crippen molar-refractivity contribution in [3.8, 4) is 28.1 Å². The molecule has 31 heavy (non-hydrogen) atoms. The first-order chi connectivity index (χ1) is 14.8. The van der Waals surface area contributed by atoms with Crippen molar-refractivity contribution in [1.29, 1.82) is 0 Å². The molecule has 0 saturated carbocycles. The highest BCUT2D eigenvalue weighted by atomic mass is 35.5. The van der Waals surface area contributed by atoms with Crippen LogP contribution in [-0.2, 0) is 12.8 Å². The number of aromatic nitrogens is 1. The maximum absolute atomic E-state index is 12.6. The molecule has 3 heterocycles. The Morgan fingerprint density at radius 2 is 1.90 bits per heavy atom. The van der Waals surface area contributed by atoms with Gasteiger partial charge in [0.2, 0.25) is 0 Å². The average molecular weight is 436 g/mol. The number of fused-ring (bicyclic) bond motifs is 5. The summed E-state index contributed by atoms with van der Waals surface area (Å²) in [6.45, 7) is 4.87. The van der Waals surface area contributed by atoms with Gasteiger partial charge in [-0.1, -0.05) is 37.6 Å². The number of ether oxygens (including phenoxy) is 1. The second kappa shape index (κ2) is 7.27. The lowest BCUT2D eigenvalue weighted by molar-refractivity contribution is 0.0694. The fraction of sp³-hybridized carbons (Fsp3) is 0.280. The number of halogens is 1. The lowest BCUT2D eigenvalue weighted by Crippen LogP contribution is -2.28. The molecule has 0 spiro atoms. The Labute approximate surface area is 184 Å². The molecule has 0 unspecified atom stereocenters. The van der Waals surface area contributed by atoms with Gasteiger partial charge in [-0.3, -0.25) is 4.79 Å². The maximum atomic E-state index is 12.6. The number of carbonyl (C=O) groups is 1. The molecule has 2 aliphatic heterocycles. The number of rotatable bonds is 3. The van der Waals surface area contributed by atoms with E-state index in [2.05, 4.69) is 19.9 Å². The monoisotopic (exact) mass is 435 g/mol. The van der Waals surface area contributed by atoms with Crippen molar-refractivity contribution in [1.82, 2.24) is 4.57 Å². The van der Waals surface area contributed by atoms with Crippen LogP contribution in [0.5, 0.6) is 5.75 Å². The molecule has 1 aromatic heterocycles. The lowest BCUT2D eigenvalue weighted by atomic mass is 9.82. The molecule has 158 valence electrons. The van der Waals surface area contributed by atoms with Gasteiger partial charge in [0.25, 0.3) is 0 Å². The van der Waals surface area contributed by atoms with Crippen LogP contribution in [-0.4, -0.2) is 22.2 Å². The topological polar surface area (TPSA) is 68.5 Å². The number of carboxylic acid groups (broad SMARTS) is 1. The summed E-state index contributed by atoms with van der Waals surface area (Å²) in [6, 6.07) is 11.2. The standard InChI is InChI=1S/C25H22ClNO4/c1-13(2)21-10-18-16-7-8-31-24(16)17(14-3-5-15(26)6-4-14)9-19(18)22-11-23(28)20(25(29)30)12-27(21)22/h3-6,9,11-13,21H,7-8,10H2,1-2H3,(H,29,30)/t21-/m0/s1. The molecule has 0 fully saturated rings. The van der Waals surface area contributed by atoms with Gasteiger partial charge in [-0.15, -0.1) is 0 Å². The summed E-state index contributed by atoms with van der Waals surface area (Å²) in [6.07, 6.45) is 3.11. The van der Waals surface area contributed by atoms with Crippen LogP contribution in [0.1, 0.15) is 41.4 Å². The van der Waals surface area contributed by atoms with E-state index in [1.807, 2.05) is 28.8 Å². The van der Waals surface area contributed by atoms with E-state index in [0.29, 0.717) is 11.6 Å². The predicted octanol–water partition coefficient (Wildman–Crippen LogP) is 5.22. The van der Waals surface area contributed by atoms with Gasteiger partial charge < -0.3 is 14.4 Å². The Morgan fingerprint density at radius 3 is 2.58 bits per heavy atom. The van der Waals surface area contributed by atoms with Gasteiger partial charge in [-0.2, -0.15) is 0 Å². The van der Waals surface area contributed by atoms with Crippen LogP contribution < -0.4 is 10.2 Å². The van der Waals surface area contributed by atoms with Crippen molar-refractivity contribution in [3.63, 3.8) is 0 Å². The zero-order valence-corrected chi connectivity index (χ0v) is 18.1. The fourth-order valence-electron chi connectivity index (χ4n) is 4.81. The van der Waals surface area contributed by atoms with Gasteiger partial charge in [0.05, 0.1) is 12.3 Å².